The molecule has 2 heterocycles. The Morgan fingerprint density at radius 1 is 1.60 bits per heavy atom. The van der Waals surface area contributed by atoms with Gasteiger partial charge in [-0.25, -0.2) is 9.37 Å². The Balaban J connectivity index is 1.91. The van der Waals surface area contributed by atoms with Crippen molar-refractivity contribution in [2.45, 2.75) is 25.8 Å². The lowest BCUT2D eigenvalue weighted by molar-refractivity contribution is 0.612. The van der Waals surface area contributed by atoms with Crippen LogP contribution in [0.5, 0.6) is 0 Å². The molecule has 1 aromatic rings. The van der Waals surface area contributed by atoms with Crippen molar-refractivity contribution >= 4 is 11.8 Å². The van der Waals surface area contributed by atoms with Crippen LogP contribution >= 0.6 is 0 Å². The molecule has 0 aliphatic carbocycles. The number of halogens is 1. The van der Waals surface area contributed by atoms with Crippen molar-refractivity contribution in [3.05, 3.63) is 24.1 Å². The Bertz CT molecular complexity index is 463. The van der Waals surface area contributed by atoms with Crippen molar-refractivity contribution in [1.82, 2.24) is 15.6 Å². The fourth-order valence-electron chi connectivity index (χ4n) is 2.31. The number of pyridine rings is 1. The molecule has 0 spiro atoms. The van der Waals surface area contributed by atoms with Gasteiger partial charge in [0.25, 0.3) is 0 Å². The molecule has 0 bridgehead atoms. The Morgan fingerprint density at radius 3 is 3.15 bits per heavy atom. The Morgan fingerprint density at radius 2 is 2.45 bits per heavy atom. The molecule has 0 aromatic carbocycles. The smallest absolute Gasteiger partial charge is 0.191 e. The van der Waals surface area contributed by atoms with E-state index in [4.69, 9.17) is 0 Å². The van der Waals surface area contributed by atoms with Crippen LogP contribution in [0.1, 0.15) is 19.8 Å². The van der Waals surface area contributed by atoms with Crippen LogP contribution in [0.25, 0.3) is 0 Å². The normalized spacial score (nSPS) is 19.2. The summed E-state index contributed by atoms with van der Waals surface area (Å²) in [5.41, 5.74) is 0. The zero-order valence-electron chi connectivity index (χ0n) is 12.1. The second-order valence-electron chi connectivity index (χ2n) is 4.88. The molecular weight excluding hydrogens is 257 g/mol. The molecule has 1 fully saturated rings. The van der Waals surface area contributed by atoms with E-state index in [1.54, 1.807) is 19.3 Å². The van der Waals surface area contributed by atoms with Gasteiger partial charge in [-0.2, -0.15) is 0 Å². The first-order chi connectivity index (χ1) is 9.74. The average molecular weight is 279 g/mol. The van der Waals surface area contributed by atoms with E-state index in [0.717, 1.165) is 38.4 Å². The van der Waals surface area contributed by atoms with E-state index in [1.807, 2.05) is 4.90 Å². The van der Waals surface area contributed by atoms with Crippen LogP contribution in [0.15, 0.2) is 23.3 Å². The predicted molar refractivity (Wildman–Crippen MR) is 79.6 cm³/mol. The first-order valence-corrected chi connectivity index (χ1v) is 7.07. The van der Waals surface area contributed by atoms with Gasteiger partial charge < -0.3 is 15.5 Å². The lowest BCUT2D eigenvalue weighted by Gasteiger charge is -2.19. The summed E-state index contributed by atoms with van der Waals surface area (Å²) in [6.45, 7) is 4.55. The Hall–Kier alpha value is -1.85. The molecule has 0 saturated carbocycles. The summed E-state index contributed by atoms with van der Waals surface area (Å²) in [6, 6.07) is 3.32. The molecule has 2 rings (SSSR count). The summed E-state index contributed by atoms with van der Waals surface area (Å²) >= 11 is 0. The molecule has 1 aliphatic heterocycles. The SMILES string of the molecule is CCCNC(=NC)NC1CCN(c2ncccc2F)C1. The lowest BCUT2D eigenvalue weighted by Crippen LogP contribution is -2.44. The van der Waals surface area contributed by atoms with Crippen molar-refractivity contribution in [1.29, 1.82) is 0 Å². The monoisotopic (exact) mass is 279 g/mol. The molecule has 5 nitrogen and oxygen atoms in total. The topological polar surface area (TPSA) is 52.6 Å². The number of aliphatic imine (C=N–C) groups is 1. The van der Waals surface area contributed by atoms with Crippen LogP contribution in [0.3, 0.4) is 0 Å². The van der Waals surface area contributed by atoms with Gasteiger partial charge in [-0.1, -0.05) is 6.92 Å². The van der Waals surface area contributed by atoms with E-state index in [1.165, 1.54) is 6.07 Å². The number of rotatable bonds is 4. The summed E-state index contributed by atoms with van der Waals surface area (Å²) in [4.78, 5) is 10.3. The van der Waals surface area contributed by atoms with Crippen molar-refractivity contribution in [2.24, 2.45) is 4.99 Å². The highest BCUT2D eigenvalue weighted by Crippen LogP contribution is 2.20. The number of nitrogens with zero attached hydrogens (tertiary/aromatic N) is 3. The molecule has 1 aliphatic rings. The van der Waals surface area contributed by atoms with Gasteiger partial charge in [0.05, 0.1) is 0 Å². The molecule has 2 N–H and O–H groups in total. The summed E-state index contributed by atoms with van der Waals surface area (Å²) in [5.74, 6) is 0.982. The highest BCUT2D eigenvalue weighted by Gasteiger charge is 2.25. The van der Waals surface area contributed by atoms with Crippen molar-refractivity contribution in [2.75, 3.05) is 31.6 Å². The van der Waals surface area contributed by atoms with Gasteiger partial charge in [0.1, 0.15) is 0 Å². The molecule has 1 saturated heterocycles. The van der Waals surface area contributed by atoms with Gasteiger partial charge in [-0.15, -0.1) is 0 Å². The molecule has 6 heteroatoms. The minimum Gasteiger partial charge on any atom is -0.356 e. The number of hydrogen-bond acceptors (Lipinski definition) is 3. The minimum absolute atomic E-state index is 0.262. The van der Waals surface area contributed by atoms with Crippen LogP contribution < -0.4 is 15.5 Å². The lowest BCUT2D eigenvalue weighted by atomic mass is 10.3. The number of aromatic nitrogens is 1. The average Bonchev–Trinajstić information content (AvgIpc) is 2.92. The molecule has 20 heavy (non-hydrogen) atoms. The molecule has 1 unspecified atom stereocenters. The fourth-order valence-corrected chi connectivity index (χ4v) is 2.31. The van der Waals surface area contributed by atoms with Crippen molar-refractivity contribution in [3.63, 3.8) is 0 Å². The second-order valence-corrected chi connectivity index (χ2v) is 4.88. The zero-order valence-corrected chi connectivity index (χ0v) is 12.1. The van der Waals surface area contributed by atoms with Gasteiger partial charge in [0.15, 0.2) is 17.6 Å². The number of hydrogen-bond donors (Lipinski definition) is 2. The van der Waals surface area contributed by atoms with E-state index in [0.29, 0.717) is 5.82 Å². The Kier molecular flexibility index (Phi) is 5.15. The van der Waals surface area contributed by atoms with Crippen LogP contribution in [0, 0.1) is 5.82 Å². The second kappa shape index (κ2) is 7.07. The third-order valence-electron chi connectivity index (χ3n) is 3.33. The third-order valence-corrected chi connectivity index (χ3v) is 3.33. The quantitative estimate of drug-likeness (QED) is 0.646. The van der Waals surface area contributed by atoms with Gasteiger partial charge >= 0.3 is 0 Å². The van der Waals surface area contributed by atoms with Crippen LogP contribution in [-0.4, -0.2) is 43.7 Å². The minimum atomic E-state index is -0.262. The van der Waals surface area contributed by atoms with Gasteiger partial charge in [0.2, 0.25) is 0 Å². The highest BCUT2D eigenvalue weighted by atomic mass is 19.1. The first kappa shape index (κ1) is 14.6. The number of nitrogens with one attached hydrogen (secondary N) is 2. The molecule has 110 valence electrons. The summed E-state index contributed by atoms with van der Waals surface area (Å²) in [6.07, 6.45) is 3.63. The maximum atomic E-state index is 13.7. The highest BCUT2D eigenvalue weighted by molar-refractivity contribution is 5.80. The van der Waals surface area contributed by atoms with Gasteiger partial charge in [-0.05, 0) is 25.0 Å². The standard InChI is InChI=1S/C14H22FN5/c1-3-7-18-14(16-2)19-11-6-9-20(10-11)13-12(15)5-4-8-17-13/h4-5,8,11H,3,6-7,9-10H2,1-2H3,(H2,16,18,19). The van der Waals surface area contributed by atoms with Gasteiger partial charge in [-0.3, -0.25) is 4.99 Å². The summed E-state index contributed by atoms with van der Waals surface area (Å²) in [5, 5.41) is 6.61. The predicted octanol–water partition coefficient (Wildman–Crippen LogP) is 1.37. The van der Waals surface area contributed by atoms with Gasteiger partial charge in [0, 0.05) is 38.9 Å². The summed E-state index contributed by atoms with van der Waals surface area (Å²) in [7, 11) is 1.76. The van der Waals surface area contributed by atoms with E-state index in [9.17, 15) is 4.39 Å². The Labute approximate surface area is 119 Å². The maximum Gasteiger partial charge on any atom is 0.191 e. The van der Waals surface area contributed by atoms with E-state index in [2.05, 4.69) is 27.5 Å². The summed E-state index contributed by atoms with van der Waals surface area (Å²) < 4.78 is 13.7. The molecule has 0 radical (unpaired) electrons. The number of anilines is 1. The third kappa shape index (κ3) is 3.59. The zero-order chi connectivity index (χ0) is 14.4. The van der Waals surface area contributed by atoms with E-state index < -0.39 is 0 Å². The van der Waals surface area contributed by atoms with Crippen LogP contribution in [0.4, 0.5) is 10.2 Å². The van der Waals surface area contributed by atoms with Crippen LogP contribution in [0.2, 0.25) is 0 Å². The largest absolute Gasteiger partial charge is 0.356 e. The van der Waals surface area contributed by atoms with E-state index >= 15 is 0 Å². The first-order valence-electron chi connectivity index (χ1n) is 7.07. The molecule has 1 atom stereocenters. The maximum absolute atomic E-state index is 13.7. The molecule has 1 aromatic heterocycles. The molecular formula is C14H22FN5. The fraction of sp³-hybridized carbons (Fsp3) is 0.571. The van der Waals surface area contributed by atoms with Crippen molar-refractivity contribution in [3.8, 4) is 0 Å². The van der Waals surface area contributed by atoms with E-state index in [-0.39, 0.29) is 11.9 Å². The van der Waals surface area contributed by atoms with Crippen molar-refractivity contribution < 1.29 is 4.39 Å². The molecule has 0 amide bonds. The van der Waals surface area contributed by atoms with Crippen LogP contribution in [-0.2, 0) is 0 Å². The number of guanidine groups is 1.